The summed E-state index contributed by atoms with van der Waals surface area (Å²) in [5.41, 5.74) is -8.53. The third-order valence-electron chi connectivity index (χ3n) is 5.50. The molecule has 0 saturated carbocycles. The zero-order valence-electron chi connectivity index (χ0n) is 26.2. The molecule has 0 saturated heterocycles. The van der Waals surface area contributed by atoms with Crippen molar-refractivity contribution in [2.75, 3.05) is 47.5 Å². The van der Waals surface area contributed by atoms with Crippen molar-refractivity contribution in [1.29, 1.82) is 0 Å². The summed E-state index contributed by atoms with van der Waals surface area (Å²) in [5, 5.41) is 14.6. The number of rotatable bonds is 7. The average Bonchev–Trinajstić information content (AvgIpc) is 2.97. The Labute approximate surface area is 295 Å². The number of methoxy groups -OCH3 is 1. The molecule has 1 heterocycles. The van der Waals surface area contributed by atoms with Gasteiger partial charge in [0.1, 0.15) is 11.6 Å². The number of benzene rings is 2. The van der Waals surface area contributed by atoms with Crippen LogP contribution in [0.3, 0.4) is 0 Å². The fraction of sp³-hybridized carbons (Fsp3) is 0.538. The minimum atomic E-state index is -5.84. The second-order valence-electron chi connectivity index (χ2n) is 9.24. The molecule has 2 atom stereocenters. The zero-order valence-corrected chi connectivity index (χ0v) is 31.0. The first-order valence-electron chi connectivity index (χ1n) is 13.3. The van der Waals surface area contributed by atoms with Crippen molar-refractivity contribution >= 4 is 52.1 Å². The van der Waals surface area contributed by atoms with E-state index in [1.165, 1.54) is 18.2 Å². The number of hydrogen-bond donors (Lipinski definition) is 5. The third-order valence-corrected chi connectivity index (χ3v) is 8.18. The molecule has 0 aliphatic carbocycles. The smallest absolute Gasteiger partial charge is 0.396 e. The first-order valence-corrected chi connectivity index (χ1v) is 17.8. The molecule has 1 aliphatic rings. The van der Waals surface area contributed by atoms with Crippen LogP contribution in [0.2, 0.25) is 0 Å². The van der Waals surface area contributed by atoms with Gasteiger partial charge in [-0.1, -0.05) is 31.9 Å². The lowest BCUT2D eigenvalue weighted by Gasteiger charge is -2.27. The van der Waals surface area contributed by atoms with Gasteiger partial charge >= 0.3 is 31.3 Å². The molecule has 0 spiro atoms. The van der Waals surface area contributed by atoms with Crippen LogP contribution in [0.15, 0.2) is 39.3 Å². The van der Waals surface area contributed by atoms with Crippen LogP contribution in [0.25, 0.3) is 0 Å². The molecule has 1 aliphatic heterocycles. The lowest BCUT2D eigenvalue weighted by Crippen LogP contribution is -2.26. The van der Waals surface area contributed by atoms with E-state index in [1.54, 1.807) is 19.2 Å². The van der Waals surface area contributed by atoms with E-state index in [-0.39, 0.29) is 24.3 Å². The van der Waals surface area contributed by atoms with Crippen LogP contribution in [0, 0.1) is 11.6 Å². The number of alkyl halides is 6. The number of aliphatic hydroxyl groups is 1. The number of aliphatic hydroxyl groups excluding tert-OH is 1. The van der Waals surface area contributed by atoms with Crippen molar-refractivity contribution in [2.24, 2.45) is 0 Å². The molecule has 5 N–H and O–H groups in total. The van der Waals surface area contributed by atoms with E-state index in [0.29, 0.717) is 31.2 Å². The highest BCUT2D eigenvalue weighted by Gasteiger charge is 2.45. The quantitative estimate of drug-likeness (QED) is 0.134. The number of likely N-dealkylation sites (N-methyl/N-ethyl adjacent to an activating group) is 2. The van der Waals surface area contributed by atoms with Crippen LogP contribution in [-0.2, 0) is 42.6 Å². The molecular formula is C26H36Br2F8N2O9S2. The maximum atomic E-state index is 13.7. The van der Waals surface area contributed by atoms with Gasteiger partial charge in [0.2, 0.25) is 0 Å². The van der Waals surface area contributed by atoms with E-state index in [1.807, 2.05) is 21.0 Å². The van der Waals surface area contributed by atoms with Crippen molar-refractivity contribution < 1.29 is 75.6 Å². The summed E-state index contributed by atoms with van der Waals surface area (Å²) in [6.45, 7) is 4.29. The molecule has 286 valence electrons. The SMILES string of the molecule is CNCC(C)OC.CNCC1OCCc2c(Br)ccc(F)c21.O=S(=O)(O)C(F)(F)F.O=S(=O)(O)C(F)(F)F.OCCc1cc(F)ccc1Br. The van der Waals surface area contributed by atoms with Gasteiger partial charge in [-0.05, 0) is 75.3 Å². The number of halogens is 10. The number of fused-ring (bicyclic) bond motifs is 1. The van der Waals surface area contributed by atoms with Gasteiger partial charge in [0, 0.05) is 41.3 Å². The van der Waals surface area contributed by atoms with Gasteiger partial charge in [-0.15, -0.1) is 0 Å². The van der Waals surface area contributed by atoms with Crippen molar-refractivity contribution in [3.05, 3.63) is 67.6 Å². The number of nitrogens with one attached hydrogen (secondary N) is 2. The second-order valence-corrected chi connectivity index (χ2v) is 13.8. The van der Waals surface area contributed by atoms with E-state index in [0.717, 1.165) is 33.0 Å². The predicted octanol–water partition coefficient (Wildman–Crippen LogP) is 5.57. The molecule has 11 nitrogen and oxygen atoms in total. The van der Waals surface area contributed by atoms with Gasteiger partial charge in [-0.25, -0.2) is 8.78 Å². The summed E-state index contributed by atoms with van der Waals surface area (Å²) in [4.78, 5) is 0. The maximum Gasteiger partial charge on any atom is 0.522 e. The fourth-order valence-corrected chi connectivity index (χ4v) is 4.16. The first kappa shape index (κ1) is 49.6. The molecule has 3 rings (SSSR count). The maximum absolute atomic E-state index is 13.7. The molecule has 2 unspecified atom stereocenters. The highest BCUT2D eigenvalue weighted by molar-refractivity contribution is 9.10. The summed E-state index contributed by atoms with van der Waals surface area (Å²) in [5.74, 6) is -0.440. The average molecular weight is 897 g/mol. The number of hydrogen-bond acceptors (Lipinski definition) is 9. The standard InChI is InChI=1S/C11H13BrFNO.C8H8BrFO.C5H13NO.2CHF3O3S/c1-14-6-10-11-7(4-5-15-10)8(12)2-3-9(11)13;9-8-2-1-7(10)5-6(8)3-4-11;1-5(7-3)4-6-2;2*2-1(3,4)8(5,6)7/h2-3,10,14H,4-6H2,1H3;1-2,5,11H,3-4H2;5-6H,4H2,1-3H3;2*(H,5,6,7). The van der Waals surface area contributed by atoms with Gasteiger partial charge in [0.25, 0.3) is 0 Å². The Kier molecular flexibility index (Phi) is 23.4. The minimum Gasteiger partial charge on any atom is -0.396 e. The Morgan fingerprint density at radius 3 is 1.82 bits per heavy atom. The zero-order chi connectivity index (χ0) is 38.8. The largest absolute Gasteiger partial charge is 0.522 e. The molecule has 49 heavy (non-hydrogen) atoms. The lowest BCUT2D eigenvalue weighted by molar-refractivity contribution is -0.0514. The summed E-state index contributed by atoms with van der Waals surface area (Å²) in [7, 11) is -6.22. The van der Waals surface area contributed by atoms with E-state index in [2.05, 4.69) is 42.5 Å². The fourth-order valence-electron chi connectivity index (χ4n) is 3.17. The summed E-state index contributed by atoms with van der Waals surface area (Å²) >= 11 is 6.71. The van der Waals surface area contributed by atoms with Crippen molar-refractivity contribution in [2.45, 2.75) is 43.0 Å². The van der Waals surface area contributed by atoms with Gasteiger partial charge < -0.3 is 25.2 Å². The molecule has 23 heteroatoms. The van der Waals surface area contributed by atoms with Gasteiger partial charge in [0.15, 0.2) is 0 Å². The Morgan fingerprint density at radius 1 is 0.939 bits per heavy atom. The lowest BCUT2D eigenvalue weighted by atomic mass is 9.97. The van der Waals surface area contributed by atoms with Crippen LogP contribution in [0.5, 0.6) is 0 Å². The van der Waals surface area contributed by atoms with Crippen LogP contribution in [0.1, 0.15) is 29.7 Å². The van der Waals surface area contributed by atoms with Crippen molar-refractivity contribution in [3.63, 3.8) is 0 Å². The van der Waals surface area contributed by atoms with Crippen LogP contribution in [-0.4, -0.2) is 95.7 Å². The van der Waals surface area contributed by atoms with E-state index < -0.39 is 31.3 Å². The highest BCUT2D eigenvalue weighted by Crippen LogP contribution is 2.33. The summed E-state index contributed by atoms with van der Waals surface area (Å²) in [6.07, 6.45) is 1.42. The van der Waals surface area contributed by atoms with Gasteiger partial charge in [0.05, 0.1) is 18.8 Å². The molecule has 2 aromatic carbocycles. The van der Waals surface area contributed by atoms with E-state index >= 15 is 0 Å². The van der Waals surface area contributed by atoms with Crippen molar-refractivity contribution in [3.8, 4) is 0 Å². The monoisotopic (exact) mass is 894 g/mol. The molecule has 2 aromatic rings. The van der Waals surface area contributed by atoms with Gasteiger partial charge in [-0.2, -0.15) is 43.2 Å². The molecular weight excluding hydrogens is 860 g/mol. The van der Waals surface area contributed by atoms with E-state index in [4.69, 9.17) is 40.5 Å². The molecule has 0 fully saturated rings. The van der Waals surface area contributed by atoms with Crippen LogP contribution < -0.4 is 10.6 Å². The van der Waals surface area contributed by atoms with Crippen LogP contribution >= 0.6 is 31.9 Å². The van der Waals surface area contributed by atoms with Gasteiger partial charge in [-0.3, -0.25) is 9.11 Å². The molecule has 0 amide bonds. The first-order chi connectivity index (χ1) is 22.3. The third kappa shape index (κ3) is 20.2. The molecule has 0 radical (unpaired) electrons. The minimum absolute atomic E-state index is 0.0437. The number of ether oxygens (including phenoxy) is 2. The van der Waals surface area contributed by atoms with E-state index in [9.17, 15) is 35.1 Å². The topological polar surface area (TPSA) is 171 Å². The molecule has 0 aromatic heterocycles. The summed E-state index contributed by atoms with van der Waals surface area (Å²) in [6, 6.07) is 7.68. The second kappa shape index (κ2) is 23.1. The Balaban J connectivity index is 0. The highest BCUT2D eigenvalue weighted by atomic mass is 79.9. The predicted molar refractivity (Wildman–Crippen MR) is 171 cm³/mol. The Hall–Kier alpha value is -1.54. The van der Waals surface area contributed by atoms with Crippen molar-refractivity contribution in [1.82, 2.24) is 10.6 Å². The summed E-state index contributed by atoms with van der Waals surface area (Å²) < 4.78 is 154. The van der Waals surface area contributed by atoms with Crippen LogP contribution in [0.4, 0.5) is 35.1 Å². The normalized spacial score (nSPS) is 15.0. The molecule has 0 bridgehead atoms. The Morgan fingerprint density at radius 2 is 1.43 bits per heavy atom. The Bertz CT molecular complexity index is 1440.